The summed E-state index contributed by atoms with van der Waals surface area (Å²) in [5, 5.41) is 3.19. The number of amides is 1. The highest BCUT2D eigenvalue weighted by Gasteiger charge is 2.22. The maximum absolute atomic E-state index is 12.5. The minimum absolute atomic E-state index is 0.0555. The lowest BCUT2D eigenvalue weighted by molar-refractivity contribution is 0.0927. The van der Waals surface area contributed by atoms with Gasteiger partial charge in [0, 0.05) is 30.8 Å². The van der Waals surface area contributed by atoms with Gasteiger partial charge in [-0.05, 0) is 55.9 Å². The van der Waals surface area contributed by atoms with E-state index in [1.807, 2.05) is 13.0 Å². The first-order chi connectivity index (χ1) is 10.7. The zero-order valence-electron chi connectivity index (χ0n) is 12.9. The topological polar surface area (TPSA) is 46.9 Å². The summed E-state index contributed by atoms with van der Waals surface area (Å²) in [6, 6.07) is 6.36. The van der Waals surface area contributed by atoms with E-state index in [2.05, 4.69) is 33.2 Å². The Labute approximate surface area is 130 Å². The number of rotatable bonds is 2. The van der Waals surface area contributed by atoms with Gasteiger partial charge in [-0.1, -0.05) is 6.07 Å². The summed E-state index contributed by atoms with van der Waals surface area (Å²) in [6.45, 7) is 2.84. The third-order valence-corrected chi connectivity index (χ3v) is 4.81. The first kappa shape index (κ1) is 13.6. The van der Waals surface area contributed by atoms with E-state index in [4.69, 9.17) is 0 Å². The smallest absolute Gasteiger partial charge is 0.251 e. The van der Waals surface area contributed by atoms with Crippen LogP contribution in [-0.2, 0) is 25.8 Å². The molecule has 2 heterocycles. The van der Waals surface area contributed by atoms with Gasteiger partial charge < -0.3 is 9.88 Å². The summed E-state index contributed by atoms with van der Waals surface area (Å²) in [4.78, 5) is 17.0. The van der Waals surface area contributed by atoms with Gasteiger partial charge in [0.15, 0.2) is 0 Å². The van der Waals surface area contributed by atoms with Crippen LogP contribution >= 0.6 is 0 Å². The first-order valence-corrected chi connectivity index (χ1v) is 8.14. The lowest BCUT2D eigenvalue weighted by atomic mass is 10.0. The van der Waals surface area contributed by atoms with Crippen LogP contribution in [0, 0.1) is 6.92 Å². The summed E-state index contributed by atoms with van der Waals surface area (Å²) < 4.78 is 2.17. The molecule has 22 heavy (non-hydrogen) atoms. The van der Waals surface area contributed by atoms with E-state index < -0.39 is 0 Å². The number of carbonyl (C=O) groups is 1. The molecule has 1 unspecified atom stereocenters. The fourth-order valence-corrected chi connectivity index (χ4v) is 3.69. The summed E-state index contributed by atoms with van der Waals surface area (Å²) in [5.41, 5.74) is 4.62. The highest BCUT2D eigenvalue weighted by atomic mass is 16.1. The Balaban J connectivity index is 1.46. The molecule has 0 radical (unpaired) electrons. The fourth-order valence-electron chi connectivity index (χ4n) is 3.69. The number of imidazole rings is 1. The van der Waals surface area contributed by atoms with Crippen LogP contribution in [0.4, 0.5) is 0 Å². The SMILES string of the molecule is Cc1cn2c(n1)CCC(NC(=O)c1ccc3c(c1)CCC3)C2. The molecule has 0 saturated carbocycles. The number of nitrogens with zero attached hydrogens (tertiary/aromatic N) is 2. The van der Waals surface area contributed by atoms with Crippen molar-refractivity contribution in [2.24, 2.45) is 0 Å². The van der Waals surface area contributed by atoms with Gasteiger partial charge in [-0.15, -0.1) is 0 Å². The molecule has 1 atom stereocenters. The first-order valence-electron chi connectivity index (χ1n) is 8.14. The van der Waals surface area contributed by atoms with Gasteiger partial charge in [0.25, 0.3) is 5.91 Å². The molecule has 2 aromatic rings. The maximum Gasteiger partial charge on any atom is 0.251 e. The Kier molecular flexibility index (Phi) is 3.25. The molecule has 1 N–H and O–H groups in total. The van der Waals surface area contributed by atoms with Gasteiger partial charge in [-0.3, -0.25) is 4.79 Å². The number of carbonyl (C=O) groups excluding carboxylic acids is 1. The quantitative estimate of drug-likeness (QED) is 0.925. The van der Waals surface area contributed by atoms with E-state index in [9.17, 15) is 4.79 Å². The average Bonchev–Trinajstić information content (AvgIpc) is 3.10. The van der Waals surface area contributed by atoms with Gasteiger partial charge in [0.05, 0.1) is 5.69 Å². The molecule has 0 fully saturated rings. The number of benzene rings is 1. The molecule has 1 aromatic heterocycles. The minimum Gasteiger partial charge on any atom is -0.347 e. The van der Waals surface area contributed by atoms with Crippen molar-refractivity contribution in [3.05, 3.63) is 52.6 Å². The molecular weight excluding hydrogens is 274 g/mol. The Morgan fingerprint density at radius 2 is 2.14 bits per heavy atom. The van der Waals surface area contributed by atoms with Gasteiger partial charge in [-0.25, -0.2) is 4.98 Å². The van der Waals surface area contributed by atoms with Crippen molar-refractivity contribution in [3.8, 4) is 0 Å². The van der Waals surface area contributed by atoms with Crippen LogP contribution in [0.5, 0.6) is 0 Å². The lowest BCUT2D eigenvalue weighted by Crippen LogP contribution is -2.40. The summed E-state index contributed by atoms with van der Waals surface area (Å²) >= 11 is 0. The minimum atomic E-state index is 0.0555. The van der Waals surface area contributed by atoms with Crippen LogP contribution in [0.3, 0.4) is 0 Å². The molecule has 114 valence electrons. The van der Waals surface area contributed by atoms with Gasteiger partial charge in [-0.2, -0.15) is 0 Å². The van der Waals surface area contributed by atoms with Crippen molar-refractivity contribution in [1.82, 2.24) is 14.9 Å². The van der Waals surface area contributed by atoms with Crippen LogP contribution in [0.1, 0.15) is 45.8 Å². The van der Waals surface area contributed by atoms with Crippen LogP contribution in [0.25, 0.3) is 0 Å². The highest BCUT2D eigenvalue weighted by Crippen LogP contribution is 2.23. The van der Waals surface area contributed by atoms with Crippen molar-refractivity contribution in [1.29, 1.82) is 0 Å². The third kappa shape index (κ3) is 2.43. The number of hydrogen-bond donors (Lipinski definition) is 1. The number of nitrogens with one attached hydrogen (secondary N) is 1. The van der Waals surface area contributed by atoms with E-state index >= 15 is 0 Å². The molecule has 2 aliphatic rings. The molecule has 1 aliphatic heterocycles. The van der Waals surface area contributed by atoms with Gasteiger partial charge >= 0.3 is 0 Å². The summed E-state index contributed by atoms with van der Waals surface area (Å²) in [6.07, 6.45) is 7.45. The molecular formula is C18H21N3O. The third-order valence-electron chi connectivity index (χ3n) is 4.81. The molecule has 0 bridgehead atoms. The zero-order chi connectivity index (χ0) is 15.1. The number of aryl methyl sites for hydroxylation is 4. The van der Waals surface area contributed by atoms with Crippen LogP contribution in [-0.4, -0.2) is 21.5 Å². The van der Waals surface area contributed by atoms with E-state index in [1.54, 1.807) is 0 Å². The predicted molar refractivity (Wildman–Crippen MR) is 85.0 cm³/mol. The van der Waals surface area contributed by atoms with E-state index in [-0.39, 0.29) is 11.9 Å². The number of fused-ring (bicyclic) bond motifs is 2. The Morgan fingerprint density at radius 1 is 1.27 bits per heavy atom. The van der Waals surface area contributed by atoms with Crippen molar-refractivity contribution in [3.63, 3.8) is 0 Å². The number of hydrogen-bond acceptors (Lipinski definition) is 2. The molecule has 0 spiro atoms. The van der Waals surface area contributed by atoms with Gasteiger partial charge in [0.2, 0.25) is 0 Å². The highest BCUT2D eigenvalue weighted by molar-refractivity contribution is 5.94. The second-order valence-corrected chi connectivity index (χ2v) is 6.50. The Morgan fingerprint density at radius 3 is 3.05 bits per heavy atom. The fraction of sp³-hybridized carbons (Fsp3) is 0.444. The Hall–Kier alpha value is -2.10. The molecule has 4 rings (SSSR count). The standard InChI is InChI=1S/C18H21N3O/c1-12-10-21-11-16(7-8-17(21)19-12)20-18(22)15-6-5-13-3-2-4-14(13)9-15/h5-6,9-10,16H,2-4,7-8,11H2,1H3,(H,20,22). The largest absolute Gasteiger partial charge is 0.347 e. The van der Waals surface area contributed by atoms with Crippen molar-refractivity contribution >= 4 is 5.91 Å². The second kappa shape index (κ2) is 5.27. The molecule has 0 saturated heterocycles. The molecule has 4 nitrogen and oxygen atoms in total. The lowest BCUT2D eigenvalue weighted by Gasteiger charge is -2.24. The average molecular weight is 295 g/mol. The van der Waals surface area contributed by atoms with Gasteiger partial charge in [0.1, 0.15) is 5.82 Å². The maximum atomic E-state index is 12.5. The second-order valence-electron chi connectivity index (χ2n) is 6.50. The molecule has 4 heteroatoms. The monoisotopic (exact) mass is 295 g/mol. The van der Waals surface area contributed by atoms with Crippen LogP contribution < -0.4 is 5.32 Å². The number of aromatic nitrogens is 2. The van der Waals surface area contributed by atoms with Crippen molar-refractivity contribution in [2.75, 3.05) is 0 Å². The molecule has 1 aliphatic carbocycles. The van der Waals surface area contributed by atoms with Crippen LogP contribution in [0.2, 0.25) is 0 Å². The summed E-state index contributed by atoms with van der Waals surface area (Å²) in [5.74, 6) is 1.19. The van der Waals surface area contributed by atoms with Crippen molar-refractivity contribution < 1.29 is 4.79 Å². The van der Waals surface area contributed by atoms with E-state index in [1.165, 1.54) is 17.5 Å². The van der Waals surface area contributed by atoms with E-state index in [0.29, 0.717) is 0 Å². The predicted octanol–water partition coefficient (Wildman–Crippen LogP) is 2.43. The molecule has 1 aromatic carbocycles. The van der Waals surface area contributed by atoms with Crippen LogP contribution in [0.15, 0.2) is 24.4 Å². The van der Waals surface area contributed by atoms with E-state index in [0.717, 1.165) is 49.3 Å². The Bertz CT molecular complexity index is 732. The normalized spacial score (nSPS) is 19.6. The zero-order valence-corrected chi connectivity index (χ0v) is 12.9. The van der Waals surface area contributed by atoms with Crippen molar-refractivity contribution in [2.45, 2.75) is 51.6 Å². The molecule has 1 amide bonds. The summed E-state index contributed by atoms with van der Waals surface area (Å²) in [7, 11) is 0.